The molecule has 1 aliphatic rings. The molecule has 0 aliphatic carbocycles. The van der Waals surface area contributed by atoms with Gasteiger partial charge in [-0.3, -0.25) is 4.79 Å². The first-order valence-electron chi connectivity index (χ1n) is 8.38. The second-order valence-corrected chi connectivity index (χ2v) is 6.28. The lowest BCUT2D eigenvalue weighted by Crippen LogP contribution is -2.45. The number of benzene rings is 2. The summed E-state index contributed by atoms with van der Waals surface area (Å²) in [6, 6.07) is 19.3. The number of carbonyl (C=O) groups is 1. The third kappa shape index (κ3) is 4.02. The molecule has 24 heavy (non-hydrogen) atoms. The van der Waals surface area contributed by atoms with Crippen LogP contribution in [0.5, 0.6) is 0 Å². The minimum Gasteiger partial charge on any atom is -0.383 e. The van der Waals surface area contributed by atoms with Gasteiger partial charge in [0.15, 0.2) is 0 Å². The number of hydrogen-bond acceptors (Lipinski definition) is 3. The zero-order valence-corrected chi connectivity index (χ0v) is 13.7. The third-order valence-electron chi connectivity index (χ3n) is 4.43. The molecule has 2 aromatic rings. The van der Waals surface area contributed by atoms with Crippen molar-refractivity contribution in [2.75, 3.05) is 13.2 Å². The normalized spacial score (nSPS) is 19.6. The van der Waals surface area contributed by atoms with E-state index in [1.54, 1.807) is 0 Å². The molecular formula is C20H23NO3. The maximum absolute atomic E-state index is 12.2. The number of hydrogen-bond donors (Lipinski definition) is 2. The van der Waals surface area contributed by atoms with Gasteiger partial charge in [-0.15, -0.1) is 0 Å². The average molecular weight is 325 g/mol. The van der Waals surface area contributed by atoms with Crippen molar-refractivity contribution in [3.05, 3.63) is 71.8 Å². The van der Waals surface area contributed by atoms with Gasteiger partial charge in [-0.2, -0.15) is 0 Å². The smallest absolute Gasteiger partial charge is 0.249 e. The van der Waals surface area contributed by atoms with Crippen LogP contribution in [-0.2, 0) is 21.6 Å². The number of rotatable bonds is 6. The SMILES string of the molecule is O=C(NC[C@](O)(Cc1ccccc1)c1ccccc1)[C@@H]1CCCO1. The lowest BCUT2D eigenvalue weighted by atomic mass is 9.87. The molecular weight excluding hydrogens is 302 g/mol. The largest absolute Gasteiger partial charge is 0.383 e. The zero-order valence-electron chi connectivity index (χ0n) is 13.7. The first-order chi connectivity index (χ1) is 11.7. The number of ether oxygens (including phenoxy) is 1. The quantitative estimate of drug-likeness (QED) is 0.857. The fraction of sp³-hybridized carbons (Fsp3) is 0.350. The fourth-order valence-electron chi connectivity index (χ4n) is 3.08. The van der Waals surface area contributed by atoms with Crippen molar-refractivity contribution in [1.82, 2.24) is 5.32 Å². The van der Waals surface area contributed by atoms with Crippen LogP contribution >= 0.6 is 0 Å². The summed E-state index contributed by atoms with van der Waals surface area (Å²) in [6.45, 7) is 0.787. The Labute approximate surface area is 142 Å². The van der Waals surface area contributed by atoms with Gasteiger partial charge in [-0.1, -0.05) is 60.7 Å². The summed E-state index contributed by atoms with van der Waals surface area (Å²) in [4.78, 5) is 12.2. The van der Waals surface area contributed by atoms with E-state index < -0.39 is 5.60 Å². The fourth-order valence-corrected chi connectivity index (χ4v) is 3.08. The maximum atomic E-state index is 12.2. The molecule has 3 rings (SSSR count). The van der Waals surface area contributed by atoms with Crippen LogP contribution in [0.4, 0.5) is 0 Å². The molecule has 4 nitrogen and oxygen atoms in total. The number of aliphatic hydroxyl groups is 1. The van der Waals surface area contributed by atoms with E-state index in [0.717, 1.165) is 24.0 Å². The minimum atomic E-state index is -1.16. The van der Waals surface area contributed by atoms with Gasteiger partial charge in [-0.25, -0.2) is 0 Å². The maximum Gasteiger partial charge on any atom is 0.249 e. The van der Waals surface area contributed by atoms with E-state index in [1.807, 2.05) is 60.7 Å². The van der Waals surface area contributed by atoms with Crippen LogP contribution in [-0.4, -0.2) is 30.3 Å². The summed E-state index contributed by atoms with van der Waals surface area (Å²) in [6.07, 6.45) is 1.70. The highest BCUT2D eigenvalue weighted by Gasteiger charge is 2.32. The summed E-state index contributed by atoms with van der Waals surface area (Å²) in [7, 11) is 0. The molecule has 1 saturated heterocycles. The lowest BCUT2D eigenvalue weighted by Gasteiger charge is -2.30. The van der Waals surface area contributed by atoms with Crippen LogP contribution in [0.2, 0.25) is 0 Å². The summed E-state index contributed by atoms with van der Waals surface area (Å²) in [5.41, 5.74) is 0.661. The highest BCUT2D eigenvalue weighted by atomic mass is 16.5. The van der Waals surface area contributed by atoms with Crippen LogP contribution in [0.1, 0.15) is 24.0 Å². The topological polar surface area (TPSA) is 58.6 Å². The van der Waals surface area contributed by atoms with Crippen molar-refractivity contribution in [2.45, 2.75) is 31.0 Å². The molecule has 1 aliphatic heterocycles. The van der Waals surface area contributed by atoms with Crippen LogP contribution in [0, 0.1) is 0 Å². The summed E-state index contributed by atoms with van der Waals surface area (Å²) in [5, 5.41) is 14.1. The second kappa shape index (κ2) is 7.60. The summed E-state index contributed by atoms with van der Waals surface area (Å²) in [5.74, 6) is -0.144. The highest BCUT2D eigenvalue weighted by Crippen LogP contribution is 2.25. The first kappa shape index (κ1) is 16.7. The molecule has 0 unspecified atom stereocenters. The molecule has 0 spiro atoms. The molecule has 0 saturated carbocycles. The molecule has 0 radical (unpaired) electrons. The van der Waals surface area contributed by atoms with Crippen LogP contribution in [0.3, 0.4) is 0 Å². The van der Waals surface area contributed by atoms with Gasteiger partial charge in [0.2, 0.25) is 5.91 Å². The first-order valence-corrected chi connectivity index (χ1v) is 8.38. The van der Waals surface area contributed by atoms with Gasteiger partial charge >= 0.3 is 0 Å². The lowest BCUT2D eigenvalue weighted by molar-refractivity contribution is -0.131. The van der Waals surface area contributed by atoms with Gasteiger partial charge in [0.1, 0.15) is 11.7 Å². The highest BCUT2D eigenvalue weighted by molar-refractivity contribution is 5.81. The van der Waals surface area contributed by atoms with E-state index in [4.69, 9.17) is 4.74 Å². The van der Waals surface area contributed by atoms with Crippen molar-refractivity contribution >= 4 is 5.91 Å². The van der Waals surface area contributed by atoms with E-state index in [-0.39, 0.29) is 18.6 Å². The Kier molecular flexibility index (Phi) is 5.28. The second-order valence-electron chi connectivity index (χ2n) is 6.28. The van der Waals surface area contributed by atoms with Crippen LogP contribution < -0.4 is 5.32 Å². The van der Waals surface area contributed by atoms with Crippen molar-refractivity contribution in [2.24, 2.45) is 0 Å². The molecule has 4 heteroatoms. The Morgan fingerprint density at radius 1 is 1.12 bits per heavy atom. The van der Waals surface area contributed by atoms with Crippen molar-refractivity contribution in [1.29, 1.82) is 0 Å². The minimum absolute atomic E-state index is 0.144. The Morgan fingerprint density at radius 3 is 2.42 bits per heavy atom. The third-order valence-corrected chi connectivity index (χ3v) is 4.43. The van der Waals surface area contributed by atoms with Gasteiger partial charge in [-0.05, 0) is 24.0 Å². The summed E-state index contributed by atoms with van der Waals surface area (Å²) < 4.78 is 5.41. The molecule has 2 aromatic carbocycles. The Hall–Kier alpha value is -2.17. The van der Waals surface area contributed by atoms with E-state index in [2.05, 4.69) is 5.32 Å². The van der Waals surface area contributed by atoms with Gasteiger partial charge < -0.3 is 15.2 Å². The van der Waals surface area contributed by atoms with Crippen molar-refractivity contribution < 1.29 is 14.6 Å². The zero-order chi connectivity index (χ0) is 16.8. The average Bonchev–Trinajstić information content (AvgIpc) is 3.16. The van der Waals surface area contributed by atoms with E-state index in [0.29, 0.717) is 13.0 Å². The molecule has 0 bridgehead atoms. The van der Waals surface area contributed by atoms with Crippen LogP contribution in [0.25, 0.3) is 0 Å². The van der Waals surface area contributed by atoms with Crippen molar-refractivity contribution in [3.8, 4) is 0 Å². The predicted octanol–water partition coefficient (Wildman–Crippen LogP) is 2.41. The van der Waals surface area contributed by atoms with Crippen molar-refractivity contribution in [3.63, 3.8) is 0 Å². The molecule has 0 aromatic heterocycles. The number of amides is 1. The number of carbonyl (C=O) groups excluding carboxylic acids is 1. The molecule has 2 N–H and O–H groups in total. The predicted molar refractivity (Wildman–Crippen MR) is 92.5 cm³/mol. The van der Waals surface area contributed by atoms with E-state index >= 15 is 0 Å². The van der Waals surface area contributed by atoms with E-state index in [1.165, 1.54) is 0 Å². The van der Waals surface area contributed by atoms with E-state index in [9.17, 15) is 9.90 Å². The Bertz CT molecular complexity index is 653. The van der Waals surface area contributed by atoms with Gasteiger partial charge in [0.05, 0.1) is 6.54 Å². The number of nitrogens with one attached hydrogen (secondary N) is 1. The van der Waals surface area contributed by atoms with Gasteiger partial charge in [0.25, 0.3) is 0 Å². The van der Waals surface area contributed by atoms with Gasteiger partial charge in [0, 0.05) is 13.0 Å². The van der Waals surface area contributed by atoms with Crippen LogP contribution in [0.15, 0.2) is 60.7 Å². The molecule has 1 amide bonds. The molecule has 2 atom stereocenters. The monoisotopic (exact) mass is 325 g/mol. The standard InChI is InChI=1S/C20H23NO3/c22-19(18-12-7-13-24-18)21-15-20(23,17-10-5-2-6-11-17)14-16-8-3-1-4-9-16/h1-6,8-11,18,23H,7,12-15H2,(H,21,22)/t18-,20+/m0/s1. The molecule has 1 fully saturated rings. The molecule has 126 valence electrons. The Morgan fingerprint density at radius 2 is 1.79 bits per heavy atom. The Balaban J connectivity index is 1.75. The molecule has 1 heterocycles. The summed E-state index contributed by atoms with van der Waals surface area (Å²) >= 11 is 0.